The summed E-state index contributed by atoms with van der Waals surface area (Å²) in [6.07, 6.45) is 0.191. The molecule has 200 valence electrons. The van der Waals surface area contributed by atoms with Gasteiger partial charge >= 0.3 is 0 Å². The number of primary amides is 1. The molecule has 1 amide bonds. The standard InChI is InChI=1S/C29H26N2O8/c1-31(2)23-16-10-13-9-15-14(19-11-12-5-3-4-6-18(12)39-19)7-8-17(32)21(15)24(33)20(13)26(35)29(16,38)27(36)22(25(23)34)28(30)37/h3-8,11,13,16,23,32,34-35,38H,9-10H2,1-2H3,(H2,30,37)/t13-,16-,23+,29-/m0/s1. The number of nitrogens with two attached hydrogens (primary N) is 1. The summed E-state index contributed by atoms with van der Waals surface area (Å²) < 4.78 is 6.04. The lowest BCUT2D eigenvalue weighted by molar-refractivity contribution is -0.148. The number of benzene rings is 2. The number of fused-ring (bicyclic) bond motifs is 4. The van der Waals surface area contributed by atoms with Crippen molar-refractivity contribution >= 4 is 28.4 Å². The first-order valence-corrected chi connectivity index (χ1v) is 12.4. The summed E-state index contributed by atoms with van der Waals surface area (Å²) in [6.45, 7) is 0. The van der Waals surface area contributed by atoms with Gasteiger partial charge in [-0.1, -0.05) is 18.2 Å². The van der Waals surface area contributed by atoms with E-state index in [1.165, 1.54) is 11.0 Å². The third-order valence-electron chi connectivity index (χ3n) is 8.30. The Hall–Kier alpha value is -4.41. The molecule has 1 aromatic heterocycles. The number of carbonyl (C=O) groups is 3. The maximum absolute atomic E-state index is 13.9. The highest BCUT2D eigenvalue weighted by molar-refractivity contribution is 6.24. The number of rotatable bonds is 3. The maximum Gasteiger partial charge on any atom is 0.255 e. The number of likely N-dealkylation sites (N-methyl/N-ethyl adjacent to an activating group) is 1. The first-order valence-electron chi connectivity index (χ1n) is 12.4. The van der Waals surface area contributed by atoms with Gasteiger partial charge in [-0.25, -0.2) is 0 Å². The lowest BCUT2D eigenvalue weighted by Gasteiger charge is -2.50. The fourth-order valence-electron chi connectivity index (χ4n) is 6.60. The van der Waals surface area contributed by atoms with Crippen LogP contribution >= 0.6 is 0 Å². The molecule has 39 heavy (non-hydrogen) atoms. The molecule has 2 aromatic carbocycles. The number of carbonyl (C=O) groups excluding carboxylic acids is 3. The Bertz CT molecular complexity index is 1650. The van der Waals surface area contributed by atoms with Crippen LogP contribution in [-0.2, 0) is 16.0 Å². The summed E-state index contributed by atoms with van der Waals surface area (Å²) in [7, 11) is 3.18. The van der Waals surface area contributed by atoms with Crippen molar-refractivity contribution in [2.75, 3.05) is 14.1 Å². The molecule has 0 bridgehead atoms. The fraction of sp³-hybridized carbons (Fsp3) is 0.276. The summed E-state index contributed by atoms with van der Waals surface area (Å²) >= 11 is 0. The van der Waals surface area contributed by atoms with Gasteiger partial charge in [0.25, 0.3) is 5.91 Å². The minimum absolute atomic E-state index is 0.0149. The monoisotopic (exact) mass is 530 g/mol. The molecular formula is C29H26N2O8. The third-order valence-corrected chi connectivity index (χ3v) is 8.30. The van der Waals surface area contributed by atoms with E-state index in [4.69, 9.17) is 10.2 Å². The van der Waals surface area contributed by atoms with Crippen LogP contribution in [-0.4, -0.2) is 68.5 Å². The number of aliphatic hydroxyl groups is 3. The predicted octanol–water partition coefficient (Wildman–Crippen LogP) is 2.53. The van der Waals surface area contributed by atoms with Crippen LogP contribution < -0.4 is 5.73 Å². The fourth-order valence-corrected chi connectivity index (χ4v) is 6.60. The quantitative estimate of drug-likeness (QED) is 0.319. The number of Topliss-reactive ketones (excluding diaryl/α,β-unsaturated/α-hetero) is 2. The smallest absolute Gasteiger partial charge is 0.255 e. The van der Waals surface area contributed by atoms with Crippen molar-refractivity contribution in [2.45, 2.75) is 24.5 Å². The molecule has 10 heteroatoms. The Kier molecular flexibility index (Phi) is 5.29. The van der Waals surface area contributed by atoms with E-state index in [1.807, 2.05) is 30.3 Å². The van der Waals surface area contributed by atoms with Crippen molar-refractivity contribution in [3.05, 3.63) is 76.3 Å². The predicted molar refractivity (Wildman–Crippen MR) is 139 cm³/mol. The summed E-state index contributed by atoms with van der Waals surface area (Å²) in [6, 6.07) is 11.2. The molecule has 6 N–H and O–H groups in total. The van der Waals surface area contributed by atoms with Crippen LogP contribution in [0, 0.1) is 11.8 Å². The lowest BCUT2D eigenvalue weighted by atomic mass is 9.58. The molecule has 0 spiro atoms. The van der Waals surface area contributed by atoms with Gasteiger partial charge < -0.3 is 30.6 Å². The van der Waals surface area contributed by atoms with Crippen LogP contribution in [0.2, 0.25) is 0 Å². The molecule has 3 aliphatic carbocycles. The average molecular weight is 531 g/mol. The summed E-state index contributed by atoms with van der Waals surface area (Å²) in [4.78, 5) is 40.9. The van der Waals surface area contributed by atoms with Gasteiger partial charge in [0.15, 0.2) is 11.4 Å². The van der Waals surface area contributed by atoms with E-state index in [9.17, 15) is 34.8 Å². The molecule has 4 atom stereocenters. The van der Waals surface area contributed by atoms with Crippen LogP contribution in [0.25, 0.3) is 22.3 Å². The molecule has 0 radical (unpaired) electrons. The van der Waals surface area contributed by atoms with Crippen molar-refractivity contribution in [1.82, 2.24) is 4.90 Å². The second-order valence-electron chi connectivity index (χ2n) is 10.6. The number of phenols is 1. The van der Waals surface area contributed by atoms with Crippen LogP contribution in [0.5, 0.6) is 5.75 Å². The van der Waals surface area contributed by atoms with E-state index in [1.54, 1.807) is 20.2 Å². The number of hydrogen-bond acceptors (Lipinski definition) is 9. The number of phenolic OH excluding ortho intramolecular Hbond substituents is 1. The molecular weight excluding hydrogens is 504 g/mol. The number of allylic oxidation sites excluding steroid dienone is 1. The molecule has 0 saturated heterocycles. The average Bonchev–Trinajstić information content (AvgIpc) is 3.30. The molecule has 0 unspecified atom stereocenters. The molecule has 3 aromatic rings. The first-order chi connectivity index (χ1) is 18.5. The highest BCUT2D eigenvalue weighted by atomic mass is 16.4. The van der Waals surface area contributed by atoms with Gasteiger partial charge in [0, 0.05) is 22.4 Å². The molecule has 3 aliphatic rings. The zero-order valence-electron chi connectivity index (χ0n) is 21.1. The van der Waals surface area contributed by atoms with E-state index in [-0.39, 0.29) is 29.7 Å². The number of aliphatic hydroxyl groups excluding tert-OH is 2. The highest BCUT2D eigenvalue weighted by Gasteiger charge is 2.63. The number of ketones is 2. The third kappa shape index (κ3) is 3.25. The number of nitrogens with zero attached hydrogens (tertiary/aromatic N) is 1. The van der Waals surface area contributed by atoms with Gasteiger partial charge in [0.1, 0.15) is 34.2 Å². The minimum Gasteiger partial charge on any atom is -0.510 e. The Morgan fingerprint density at radius 1 is 1.10 bits per heavy atom. The normalized spacial score (nSPS) is 26.6. The molecule has 0 fully saturated rings. The second kappa shape index (κ2) is 8.29. The van der Waals surface area contributed by atoms with Crippen molar-refractivity contribution in [1.29, 1.82) is 0 Å². The first kappa shape index (κ1) is 24.9. The van der Waals surface area contributed by atoms with Gasteiger partial charge in [-0.3, -0.25) is 19.3 Å². The largest absolute Gasteiger partial charge is 0.510 e. The highest BCUT2D eigenvalue weighted by Crippen LogP contribution is 2.53. The lowest BCUT2D eigenvalue weighted by Crippen LogP contribution is -2.63. The van der Waals surface area contributed by atoms with Crippen LogP contribution in [0.15, 0.2) is 69.5 Å². The topological polar surface area (TPSA) is 175 Å². The van der Waals surface area contributed by atoms with E-state index in [0.717, 1.165) is 5.39 Å². The Labute approximate surface area is 222 Å². The van der Waals surface area contributed by atoms with Crippen LogP contribution in [0.4, 0.5) is 0 Å². The van der Waals surface area contributed by atoms with Crippen molar-refractivity contribution in [3.63, 3.8) is 0 Å². The molecule has 0 saturated carbocycles. The van der Waals surface area contributed by atoms with Crippen LogP contribution in [0.1, 0.15) is 22.3 Å². The summed E-state index contributed by atoms with van der Waals surface area (Å²) in [5, 5.41) is 45.6. The van der Waals surface area contributed by atoms with Crippen LogP contribution in [0.3, 0.4) is 0 Å². The van der Waals surface area contributed by atoms with Gasteiger partial charge in [0.05, 0.1) is 11.6 Å². The number of hydrogen-bond donors (Lipinski definition) is 5. The zero-order chi connectivity index (χ0) is 28.0. The summed E-state index contributed by atoms with van der Waals surface area (Å²) in [5.41, 5.74) is 3.35. The number of para-hydroxylation sites is 1. The number of amides is 1. The molecule has 1 heterocycles. The zero-order valence-corrected chi connectivity index (χ0v) is 21.1. The van der Waals surface area contributed by atoms with E-state index < -0.39 is 58.0 Å². The van der Waals surface area contributed by atoms with Gasteiger partial charge in [-0.15, -0.1) is 0 Å². The minimum atomic E-state index is -2.67. The number of furan rings is 1. The Morgan fingerprint density at radius 2 is 1.82 bits per heavy atom. The second-order valence-corrected chi connectivity index (χ2v) is 10.6. The van der Waals surface area contributed by atoms with Gasteiger partial charge in [0.2, 0.25) is 5.78 Å². The molecule has 6 rings (SSSR count). The van der Waals surface area contributed by atoms with Gasteiger partial charge in [-0.05, 0) is 62.7 Å². The number of aromatic hydroxyl groups is 1. The van der Waals surface area contributed by atoms with E-state index in [2.05, 4.69) is 0 Å². The SMILES string of the molecule is CN(C)[C@H]1C(O)=C(C(N)=O)C(=O)[C@@]2(O)C(O)=C3C(=O)c4c(O)ccc(-c5cc6ccccc6o5)c4C[C@H]3C[C@@H]12. The van der Waals surface area contributed by atoms with Gasteiger partial charge in [-0.2, -0.15) is 0 Å². The maximum atomic E-state index is 13.9. The Balaban J connectivity index is 1.55. The Morgan fingerprint density at radius 3 is 2.49 bits per heavy atom. The van der Waals surface area contributed by atoms with Crippen molar-refractivity contribution in [2.24, 2.45) is 17.6 Å². The van der Waals surface area contributed by atoms with E-state index in [0.29, 0.717) is 22.5 Å². The molecule has 0 aliphatic heterocycles. The van der Waals surface area contributed by atoms with E-state index >= 15 is 0 Å². The molecule has 10 nitrogen and oxygen atoms in total. The van der Waals surface area contributed by atoms with Crippen molar-refractivity contribution in [3.8, 4) is 17.1 Å². The summed E-state index contributed by atoms with van der Waals surface area (Å²) in [5.74, 6) is -6.34. The van der Waals surface area contributed by atoms with Crippen molar-refractivity contribution < 1.29 is 39.2 Å².